The normalized spacial score (nSPS) is 24.6. The second-order valence-corrected chi connectivity index (χ2v) is 34.7. The van der Waals surface area contributed by atoms with Gasteiger partial charge in [0.15, 0.2) is 0 Å². The zero-order valence-corrected chi connectivity index (χ0v) is 53.5. The van der Waals surface area contributed by atoms with Crippen LogP contribution in [0, 0.1) is 0 Å². The Morgan fingerprint density at radius 2 is 0.418 bits per heavy atom. The minimum atomic E-state index is -8.19. The van der Waals surface area contributed by atoms with Crippen molar-refractivity contribution in [3.8, 4) is 0 Å². The molecule has 0 saturated heterocycles. The van der Waals surface area contributed by atoms with Crippen molar-refractivity contribution in [2.24, 2.45) is 0 Å². The highest BCUT2D eigenvalue weighted by molar-refractivity contribution is 6.89. The van der Waals surface area contributed by atoms with Crippen molar-refractivity contribution in [1.82, 2.24) is 0 Å². The summed E-state index contributed by atoms with van der Waals surface area (Å²) in [5.74, 6) is -126. The highest BCUT2D eigenvalue weighted by Gasteiger charge is 3.06. The Hall–Kier alpha value is -6.58. The van der Waals surface area contributed by atoms with Crippen LogP contribution in [0.25, 0.3) is 22.3 Å². The zero-order valence-electron chi connectivity index (χ0n) is 51.5. The number of halogens is 33. The van der Waals surface area contributed by atoms with E-state index in [1.165, 1.54) is 54.9 Å². The molecule has 550 valence electrons. The molecule has 0 aliphatic heterocycles. The molecule has 3 fully saturated rings. The van der Waals surface area contributed by atoms with Gasteiger partial charge in [-0.05, 0) is 79.2 Å². The molecule has 39 heteroatoms. The highest BCUT2D eigenvalue weighted by Crippen LogP contribution is 2.73. The van der Waals surface area contributed by atoms with Gasteiger partial charge < -0.3 is 0 Å². The molecule has 98 heavy (non-hydrogen) atoms. The molecule has 0 radical (unpaired) electrons. The highest BCUT2D eigenvalue weighted by atomic mass is 28.3. The second kappa shape index (κ2) is 25.2. The maximum atomic E-state index is 14.3. The van der Waals surface area contributed by atoms with Gasteiger partial charge in [-0.3, -0.25) is 0 Å². The number of carbonyl (C=O) groups excluding carboxylic acids is 2. The lowest BCUT2D eigenvalue weighted by atomic mass is 9.72. The van der Waals surface area contributed by atoms with Gasteiger partial charge in [0.05, 0.1) is 16.1 Å². The fourth-order valence-electron chi connectivity index (χ4n) is 9.21. The molecule has 0 atom stereocenters. The van der Waals surface area contributed by atoms with Crippen LogP contribution in [0.15, 0.2) is 109 Å². The molecule has 7 rings (SSSR count). The molecule has 4 nitrogen and oxygen atoms in total. The molecule has 0 spiro atoms. The van der Waals surface area contributed by atoms with Crippen LogP contribution in [-0.4, -0.2) is 134 Å². The van der Waals surface area contributed by atoms with Gasteiger partial charge in [0, 0.05) is 0 Å². The van der Waals surface area contributed by atoms with Crippen molar-refractivity contribution in [3.63, 3.8) is 0 Å². The molecule has 0 heterocycles. The second-order valence-electron chi connectivity index (χ2n) is 24.6. The van der Waals surface area contributed by atoms with Crippen molar-refractivity contribution >= 4 is 60.8 Å². The predicted octanol–water partition coefficient (Wildman–Crippen LogP) is 20.1. The first-order valence-corrected chi connectivity index (χ1v) is 34.2. The first-order chi connectivity index (χ1) is 43.3. The molecule has 0 unspecified atom stereocenters. The van der Waals surface area contributed by atoms with Crippen molar-refractivity contribution in [2.45, 2.75) is 180 Å². The van der Waals surface area contributed by atoms with Gasteiger partial charge in [-0.15, -0.1) is 0 Å². The van der Waals surface area contributed by atoms with E-state index in [1.54, 1.807) is 0 Å². The maximum Gasteiger partial charge on any atom is 0.405 e. The summed E-state index contributed by atoms with van der Waals surface area (Å²) in [5.41, 5.74) is -11.2. The molecule has 0 amide bonds. The summed E-state index contributed by atoms with van der Waals surface area (Å²) in [6.45, 7) is 22.2. The van der Waals surface area contributed by atoms with E-state index >= 15 is 0 Å². The Labute approximate surface area is 535 Å². The Bertz CT molecular complexity index is 3250. The van der Waals surface area contributed by atoms with Crippen LogP contribution in [0.4, 0.5) is 145 Å². The third-order valence-electron chi connectivity index (χ3n) is 16.3. The molecule has 0 N–H and O–H groups in total. The van der Waals surface area contributed by atoms with E-state index in [9.17, 15) is 154 Å². The summed E-state index contributed by atoms with van der Waals surface area (Å²) in [7, 11) is -2.40. The molecule has 3 aliphatic rings. The van der Waals surface area contributed by atoms with E-state index in [4.69, 9.17) is 0 Å². The van der Waals surface area contributed by atoms with Gasteiger partial charge in [0.2, 0.25) is 5.67 Å². The first-order valence-electron chi connectivity index (χ1n) is 27.2. The van der Waals surface area contributed by atoms with Crippen molar-refractivity contribution < 1.29 is 164 Å². The number of alkyl halides is 33. The number of hydrogen-bond donors (Lipinski definition) is 0. The van der Waals surface area contributed by atoms with Crippen LogP contribution < -0.4 is 10.4 Å². The number of rotatable bonds is 8. The standard InChI is InChI=1S/2C19H24Si.C14F22O4.C7H3F11/c2*1-15(17-9-7-6-8-10-17)16(2)18-11-13-19(14-12-18)20(3,4)5;15-3(5(17,18)9(25,26)13(33,34)10(27,28)6(3,19)20)1(37)39-40-2(38)4(16)7(21,22)11(29,30)14(35,36)12(31,32)8(4,23)24;1-2(8)3(9,10)5(13,14)7(17,18)6(15,16)4(2,11)12/h2*6-14H,1-5H3;;1H3/b2*16-15-;;. The lowest BCUT2D eigenvalue weighted by Gasteiger charge is -2.51. The average molecular weight is 1510 g/mol. The Balaban J connectivity index is 0.000000297. The minimum Gasteiger partial charge on any atom is -0.243 e. The number of hydrogen-bond acceptors (Lipinski definition) is 4. The summed E-state index contributed by atoms with van der Waals surface area (Å²) in [6, 6.07) is 39.6. The Morgan fingerprint density at radius 1 is 0.255 bits per heavy atom. The predicted molar refractivity (Wildman–Crippen MR) is 292 cm³/mol. The van der Waals surface area contributed by atoms with Crippen LogP contribution in [0.2, 0.25) is 39.3 Å². The van der Waals surface area contributed by atoms with Crippen LogP contribution >= 0.6 is 0 Å². The van der Waals surface area contributed by atoms with Gasteiger partial charge in [-0.1, -0.05) is 159 Å². The number of carbonyl (C=O) groups is 2. The Kier molecular flexibility index (Phi) is 21.6. The van der Waals surface area contributed by atoms with E-state index in [0.29, 0.717) is 0 Å². The molecule has 4 aromatic carbocycles. The Morgan fingerprint density at radius 3 is 0.602 bits per heavy atom. The monoisotopic (exact) mass is 1510 g/mol. The van der Waals surface area contributed by atoms with E-state index in [1.807, 2.05) is 9.78 Å². The number of allylic oxidation sites excluding steroid dienone is 4. The third-order valence-corrected chi connectivity index (χ3v) is 20.4. The molecule has 3 aliphatic carbocycles. The molecule has 4 aromatic rings. The average Bonchev–Trinajstić information content (AvgIpc) is 0.666. The smallest absolute Gasteiger partial charge is 0.243 e. The summed E-state index contributed by atoms with van der Waals surface area (Å²) in [5, 5.41) is 3.04. The quantitative estimate of drug-likeness (QED) is 0.0580. The van der Waals surface area contributed by atoms with Crippen LogP contribution in [0.5, 0.6) is 0 Å². The minimum absolute atomic E-state index is 0.982. The van der Waals surface area contributed by atoms with Gasteiger partial charge >= 0.3 is 112 Å². The fourth-order valence-corrected chi connectivity index (χ4v) is 11.5. The first kappa shape index (κ1) is 83.8. The summed E-state index contributed by atoms with van der Waals surface area (Å²) >= 11 is 0. The van der Waals surface area contributed by atoms with E-state index in [0.717, 1.165) is 0 Å². The lowest BCUT2D eigenvalue weighted by molar-refractivity contribution is -0.484. The van der Waals surface area contributed by atoms with E-state index in [-0.39, 0.29) is 0 Å². The molecule has 0 aromatic heterocycles. The maximum absolute atomic E-state index is 14.3. The zero-order chi connectivity index (χ0) is 77.1. The van der Waals surface area contributed by atoms with E-state index in [2.05, 4.69) is 176 Å². The van der Waals surface area contributed by atoms with Crippen LogP contribution in [0.3, 0.4) is 0 Å². The van der Waals surface area contributed by atoms with Gasteiger partial charge in [0.1, 0.15) is 0 Å². The van der Waals surface area contributed by atoms with Gasteiger partial charge in [-0.2, -0.15) is 132 Å². The largest absolute Gasteiger partial charge is 0.405 e. The molecular formula is C59H51F33O4Si2. The molecular weight excluding hydrogens is 1460 g/mol. The van der Waals surface area contributed by atoms with Gasteiger partial charge in [-0.25, -0.2) is 32.5 Å². The number of benzene rings is 4. The van der Waals surface area contributed by atoms with Crippen molar-refractivity contribution in [2.75, 3.05) is 0 Å². The van der Waals surface area contributed by atoms with Crippen LogP contribution in [0.1, 0.15) is 56.9 Å². The van der Waals surface area contributed by atoms with Crippen LogP contribution in [-0.2, 0) is 19.4 Å². The van der Waals surface area contributed by atoms with Crippen molar-refractivity contribution in [1.29, 1.82) is 0 Å². The third kappa shape index (κ3) is 11.7. The lowest BCUT2D eigenvalue weighted by Crippen LogP contribution is -2.86. The summed E-state index contributed by atoms with van der Waals surface area (Å²) < 4.78 is 435. The summed E-state index contributed by atoms with van der Waals surface area (Å²) in [6.07, 6.45) is 0. The van der Waals surface area contributed by atoms with Crippen molar-refractivity contribution in [3.05, 3.63) is 131 Å². The summed E-state index contributed by atoms with van der Waals surface area (Å²) in [4.78, 5) is 26.4. The van der Waals surface area contributed by atoms with E-state index < -0.39 is 141 Å². The molecule has 3 saturated carbocycles. The van der Waals surface area contributed by atoms with Gasteiger partial charge in [0.25, 0.3) is 0 Å². The fraction of sp³-hybridized carbons (Fsp3) is 0.492. The SMILES string of the molecule is C/C(=C(\C)c1ccc([Si](C)(C)C)cc1)c1ccccc1.C/C(=C(\C)c1ccc([Si](C)(C)C)cc1)c1ccccc1.CC1(F)C(F)(F)C(F)(F)C(F)(F)C(F)(F)C1(F)F.O=C(OOC(=O)C1(F)C(F)(F)C(F)(F)C(F)(F)C(F)(F)C1(F)F)C1(F)C(F)(F)C(F)(F)C(F)(F)C(F)(F)C1(F)F. The topological polar surface area (TPSA) is 52.6 Å². The molecule has 0 bridgehead atoms.